The van der Waals surface area contributed by atoms with Crippen molar-refractivity contribution in [2.45, 2.75) is 25.5 Å². The van der Waals surface area contributed by atoms with Gasteiger partial charge in [-0.25, -0.2) is 4.79 Å². The van der Waals surface area contributed by atoms with Crippen LogP contribution < -0.4 is 0 Å². The van der Waals surface area contributed by atoms with E-state index < -0.39 is 5.97 Å². The maximum Gasteiger partial charge on any atom is 0.333 e. The quantitative estimate of drug-likeness (QED) is 0.247. The van der Waals surface area contributed by atoms with Gasteiger partial charge in [0.15, 0.2) is 0 Å². The fourth-order valence-corrected chi connectivity index (χ4v) is 1.92. The van der Waals surface area contributed by atoms with Gasteiger partial charge in [-0.05, 0) is 23.9 Å². The number of hydrogen-bond donors (Lipinski definition) is 0. The highest BCUT2D eigenvalue weighted by Crippen LogP contribution is 2.29. The molecule has 3 atom stereocenters. The van der Waals surface area contributed by atoms with E-state index in [0.29, 0.717) is 18.6 Å². The van der Waals surface area contributed by atoms with Gasteiger partial charge in [0.1, 0.15) is 0 Å². The van der Waals surface area contributed by atoms with Crippen molar-refractivity contribution in [3.05, 3.63) is 34.7 Å². The Kier molecular flexibility index (Phi) is 5.42. The monoisotopic (exact) mass is 251 g/mol. The minimum atomic E-state index is -0.410. The van der Waals surface area contributed by atoms with Crippen LogP contribution in [-0.2, 0) is 14.3 Å². The molecule has 0 bridgehead atoms. The van der Waals surface area contributed by atoms with Crippen LogP contribution in [0.3, 0.4) is 0 Å². The summed E-state index contributed by atoms with van der Waals surface area (Å²) in [5, 5.41) is 3.72. The van der Waals surface area contributed by atoms with Crippen molar-refractivity contribution in [3.63, 3.8) is 0 Å². The summed E-state index contributed by atoms with van der Waals surface area (Å²) < 4.78 is 10.2. The lowest BCUT2D eigenvalue weighted by molar-refractivity contribution is -0.136. The molecule has 0 saturated carbocycles. The molecule has 1 aliphatic rings. The summed E-state index contributed by atoms with van der Waals surface area (Å²) in [7, 11) is 1.32. The SMILES string of the molecule is C=CCOC1C=C(C(=O)OC)CC(N=[N+]=[N-])C1C. The highest BCUT2D eigenvalue weighted by atomic mass is 16.5. The predicted molar refractivity (Wildman–Crippen MR) is 66.8 cm³/mol. The third-order valence-electron chi connectivity index (χ3n) is 2.97. The largest absolute Gasteiger partial charge is 0.466 e. The Labute approximate surface area is 106 Å². The van der Waals surface area contributed by atoms with Gasteiger partial charge in [-0.1, -0.05) is 18.1 Å². The van der Waals surface area contributed by atoms with Crippen LogP contribution in [0.1, 0.15) is 13.3 Å². The van der Waals surface area contributed by atoms with Gasteiger partial charge in [0.05, 0.1) is 19.8 Å². The van der Waals surface area contributed by atoms with Crippen LogP contribution in [0.25, 0.3) is 10.4 Å². The zero-order valence-electron chi connectivity index (χ0n) is 10.6. The molecule has 6 heteroatoms. The van der Waals surface area contributed by atoms with Crippen LogP contribution in [0.15, 0.2) is 29.4 Å². The number of carbonyl (C=O) groups excluding carboxylic acids is 1. The van der Waals surface area contributed by atoms with Gasteiger partial charge >= 0.3 is 5.97 Å². The molecule has 3 unspecified atom stereocenters. The molecule has 1 aliphatic carbocycles. The first kappa shape index (κ1) is 14.3. The topological polar surface area (TPSA) is 84.3 Å². The molecule has 0 aromatic carbocycles. The van der Waals surface area contributed by atoms with Crippen LogP contribution in [0.4, 0.5) is 0 Å². The molecule has 0 amide bonds. The van der Waals surface area contributed by atoms with E-state index in [1.165, 1.54) is 7.11 Å². The lowest BCUT2D eigenvalue weighted by atomic mass is 9.84. The third-order valence-corrected chi connectivity index (χ3v) is 2.97. The molecule has 0 aromatic heterocycles. The number of methoxy groups -OCH3 is 1. The number of ether oxygens (including phenoxy) is 2. The maximum absolute atomic E-state index is 11.5. The summed E-state index contributed by atoms with van der Waals surface area (Å²) in [6.45, 7) is 5.88. The second-order valence-electron chi connectivity index (χ2n) is 4.11. The molecule has 0 aromatic rings. The van der Waals surface area contributed by atoms with Crippen molar-refractivity contribution in [2.24, 2.45) is 11.0 Å². The Balaban J connectivity index is 2.94. The number of carbonyl (C=O) groups is 1. The van der Waals surface area contributed by atoms with Crippen molar-refractivity contribution in [1.82, 2.24) is 0 Å². The van der Waals surface area contributed by atoms with E-state index in [0.717, 1.165) is 0 Å². The molecule has 0 aliphatic heterocycles. The van der Waals surface area contributed by atoms with Crippen molar-refractivity contribution in [3.8, 4) is 0 Å². The third kappa shape index (κ3) is 3.35. The lowest BCUT2D eigenvalue weighted by Crippen LogP contribution is -2.35. The summed E-state index contributed by atoms with van der Waals surface area (Å²) in [5.74, 6) is -0.401. The molecule has 1 rings (SSSR count). The van der Waals surface area contributed by atoms with E-state index in [4.69, 9.17) is 10.3 Å². The second-order valence-corrected chi connectivity index (χ2v) is 4.11. The van der Waals surface area contributed by atoms with Gasteiger partial charge in [0.25, 0.3) is 0 Å². The maximum atomic E-state index is 11.5. The molecule has 98 valence electrons. The molecular weight excluding hydrogens is 234 g/mol. The van der Waals surface area contributed by atoms with Crippen molar-refractivity contribution >= 4 is 5.97 Å². The van der Waals surface area contributed by atoms with Crippen LogP contribution in [-0.4, -0.2) is 31.8 Å². The Morgan fingerprint density at radius 2 is 2.50 bits per heavy atom. The summed E-state index contributed by atoms with van der Waals surface area (Å²) in [6.07, 6.45) is 3.48. The van der Waals surface area contributed by atoms with E-state index in [1.807, 2.05) is 6.92 Å². The average molecular weight is 251 g/mol. The number of azide groups is 1. The average Bonchev–Trinajstić information content (AvgIpc) is 2.39. The molecule has 0 spiro atoms. The molecule has 6 nitrogen and oxygen atoms in total. The number of rotatable bonds is 5. The molecule has 0 N–H and O–H groups in total. The molecule has 0 fully saturated rings. The van der Waals surface area contributed by atoms with Crippen molar-refractivity contribution < 1.29 is 14.3 Å². The van der Waals surface area contributed by atoms with Crippen molar-refractivity contribution in [1.29, 1.82) is 0 Å². The molecule has 0 radical (unpaired) electrons. The first-order valence-electron chi connectivity index (χ1n) is 5.69. The second kappa shape index (κ2) is 6.83. The van der Waals surface area contributed by atoms with Gasteiger partial charge in [-0.2, -0.15) is 0 Å². The van der Waals surface area contributed by atoms with Crippen LogP contribution >= 0.6 is 0 Å². The number of esters is 1. The molecular formula is C12H17N3O3. The van der Waals surface area contributed by atoms with E-state index >= 15 is 0 Å². The Morgan fingerprint density at radius 1 is 1.78 bits per heavy atom. The van der Waals surface area contributed by atoms with Crippen LogP contribution in [0.5, 0.6) is 0 Å². The normalized spacial score (nSPS) is 26.8. The Bertz CT molecular complexity index is 399. The van der Waals surface area contributed by atoms with Gasteiger partial charge in [0.2, 0.25) is 0 Å². The van der Waals surface area contributed by atoms with E-state index in [1.54, 1.807) is 12.2 Å². The van der Waals surface area contributed by atoms with Crippen LogP contribution in [0.2, 0.25) is 0 Å². The van der Waals surface area contributed by atoms with E-state index in [2.05, 4.69) is 21.3 Å². The molecule has 0 saturated heterocycles. The zero-order valence-corrected chi connectivity index (χ0v) is 10.6. The minimum Gasteiger partial charge on any atom is -0.466 e. The summed E-state index contributed by atoms with van der Waals surface area (Å²) in [5.41, 5.74) is 9.03. The Hall–Kier alpha value is -1.78. The first-order valence-corrected chi connectivity index (χ1v) is 5.69. The zero-order chi connectivity index (χ0) is 13.5. The highest BCUT2D eigenvalue weighted by Gasteiger charge is 2.32. The predicted octanol–water partition coefficient (Wildman–Crippen LogP) is 2.38. The number of hydrogen-bond acceptors (Lipinski definition) is 4. The first-order chi connectivity index (χ1) is 8.63. The van der Waals surface area contributed by atoms with Gasteiger partial charge in [-0.3, -0.25) is 0 Å². The highest BCUT2D eigenvalue weighted by molar-refractivity contribution is 5.88. The van der Waals surface area contributed by atoms with E-state index in [-0.39, 0.29) is 18.1 Å². The standard InChI is InChI=1S/C12H17N3O3/c1-4-5-18-11-7-9(12(16)17-3)6-10(8(11)2)14-15-13/h4,7-8,10-11H,1,5-6H2,2-3H3. The number of nitrogens with zero attached hydrogens (tertiary/aromatic N) is 3. The Morgan fingerprint density at radius 3 is 3.06 bits per heavy atom. The fourth-order valence-electron chi connectivity index (χ4n) is 1.92. The summed E-state index contributed by atoms with van der Waals surface area (Å²) in [6, 6.07) is -0.302. The fraction of sp³-hybridized carbons (Fsp3) is 0.583. The van der Waals surface area contributed by atoms with Gasteiger partial charge in [-0.15, -0.1) is 6.58 Å². The van der Waals surface area contributed by atoms with E-state index in [9.17, 15) is 4.79 Å². The molecule has 18 heavy (non-hydrogen) atoms. The smallest absolute Gasteiger partial charge is 0.333 e. The van der Waals surface area contributed by atoms with Crippen LogP contribution in [0, 0.1) is 5.92 Å². The summed E-state index contributed by atoms with van der Waals surface area (Å²) in [4.78, 5) is 14.4. The molecule has 0 heterocycles. The summed E-state index contributed by atoms with van der Waals surface area (Å²) >= 11 is 0. The minimum absolute atomic E-state index is 0.00857. The van der Waals surface area contributed by atoms with Crippen molar-refractivity contribution in [2.75, 3.05) is 13.7 Å². The van der Waals surface area contributed by atoms with Gasteiger partial charge in [0, 0.05) is 16.5 Å². The van der Waals surface area contributed by atoms with Gasteiger partial charge < -0.3 is 9.47 Å². The lowest BCUT2D eigenvalue weighted by Gasteiger charge is -2.31.